The van der Waals surface area contributed by atoms with Crippen molar-refractivity contribution < 1.29 is 8.42 Å². The van der Waals surface area contributed by atoms with Crippen LogP contribution >= 0.6 is 11.3 Å². The zero-order chi connectivity index (χ0) is 18.0. The Morgan fingerprint density at radius 3 is 2.00 bits per heavy atom. The summed E-state index contributed by atoms with van der Waals surface area (Å²) in [6.45, 7) is 6.04. The van der Waals surface area contributed by atoms with Crippen LogP contribution in [0.5, 0.6) is 0 Å². The van der Waals surface area contributed by atoms with Gasteiger partial charge in [-0.3, -0.25) is 4.72 Å². The standard InChI is InChI=1S/C19H20N2O2S2/c1-13-4-6-18(12-14(13)2)20-16-7-9-17(10-8-16)21-25(22,23)19-11-5-15(3)24-19/h4-12,20-21H,1-3H3. The quantitative estimate of drug-likeness (QED) is 0.646. The average Bonchev–Trinajstić information content (AvgIpc) is 3.00. The summed E-state index contributed by atoms with van der Waals surface area (Å²) in [4.78, 5) is 0.966. The molecule has 0 atom stereocenters. The van der Waals surface area contributed by atoms with Crippen LogP contribution in [0, 0.1) is 20.8 Å². The highest BCUT2D eigenvalue weighted by molar-refractivity contribution is 7.94. The Kier molecular flexibility index (Phi) is 4.83. The van der Waals surface area contributed by atoms with Crippen molar-refractivity contribution in [2.24, 2.45) is 0 Å². The van der Waals surface area contributed by atoms with Crippen LogP contribution in [0.15, 0.2) is 58.8 Å². The first kappa shape index (κ1) is 17.5. The van der Waals surface area contributed by atoms with Crippen molar-refractivity contribution in [3.8, 4) is 0 Å². The minimum atomic E-state index is -3.53. The molecular weight excluding hydrogens is 352 g/mol. The first-order valence-corrected chi connectivity index (χ1v) is 10.2. The number of benzene rings is 2. The van der Waals surface area contributed by atoms with Gasteiger partial charge in [0.15, 0.2) is 0 Å². The predicted octanol–water partition coefficient (Wildman–Crippen LogP) is 5.22. The van der Waals surface area contributed by atoms with Gasteiger partial charge < -0.3 is 5.32 Å². The van der Waals surface area contributed by atoms with Crippen LogP contribution in [0.3, 0.4) is 0 Å². The smallest absolute Gasteiger partial charge is 0.271 e. The van der Waals surface area contributed by atoms with E-state index in [4.69, 9.17) is 0 Å². The SMILES string of the molecule is Cc1ccc(S(=O)(=O)Nc2ccc(Nc3ccc(C)c(C)c3)cc2)s1. The molecular formula is C19H20N2O2S2. The third-order valence-electron chi connectivity index (χ3n) is 3.91. The van der Waals surface area contributed by atoms with Gasteiger partial charge in [-0.1, -0.05) is 6.07 Å². The lowest BCUT2D eigenvalue weighted by atomic mass is 10.1. The maximum atomic E-state index is 12.3. The van der Waals surface area contributed by atoms with E-state index in [2.05, 4.69) is 36.0 Å². The number of nitrogens with one attached hydrogen (secondary N) is 2. The molecule has 130 valence electrons. The zero-order valence-electron chi connectivity index (χ0n) is 14.3. The fourth-order valence-corrected chi connectivity index (χ4v) is 4.71. The number of hydrogen-bond donors (Lipinski definition) is 2. The highest BCUT2D eigenvalue weighted by Crippen LogP contribution is 2.25. The Morgan fingerprint density at radius 1 is 0.760 bits per heavy atom. The molecule has 6 heteroatoms. The first-order valence-electron chi connectivity index (χ1n) is 7.87. The number of hydrogen-bond acceptors (Lipinski definition) is 4. The van der Waals surface area contributed by atoms with Crippen LogP contribution < -0.4 is 10.0 Å². The Morgan fingerprint density at radius 2 is 1.40 bits per heavy atom. The van der Waals surface area contributed by atoms with E-state index in [1.165, 1.54) is 22.5 Å². The highest BCUT2D eigenvalue weighted by atomic mass is 32.2. The van der Waals surface area contributed by atoms with Crippen LogP contribution in [-0.2, 0) is 10.0 Å². The monoisotopic (exact) mass is 372 g/mol. The van der Waals surface area contributed by atoms with Crippen molar-refractivity contribution in [2.75, 3.05) is 10.0 Å². The molecule has 0 aliphatic rings. The van der Waals surface area contributed by atoms with Gasteiger partial charge in [0.05, 0.1) is 0 Å². The molecule has 2 aromatic carbocycles. The lowest BCUT2D eigenvalue weighted by Crippen LogP contribution is -2.11. The molecule has 1 heterocycles. The van der Waals surface area contributed by atoms with Crippen LogP contribution in [0.25, 0.3) is 0 Å². The summed E-state index contributed by atoms with van der Waals surface area (Å²) in [6, 6.07) is 16.8. The lowest BCUT2D eigenvalue weighted by molar-refractivity contribution is 0.603. The fraction of sp³-hybridized carbons (Fsp3) is 0.158. The number of rotatable bonds is 5. The average molecular weight is 373 g/mol. The van der Waals surface area contributed by atoms with E-state index in [1.54, 1.807) is 24.3 Å². The van der Waals surface area contributed by atoms with Gasteiger partial charge in [0, 0.05) is 21.9 Å². The van der Waals surface area contributed by atoms with E-state index in [1.807, 2.05) is 25.1 Å². The summed E-state index contributed by atoms with van der Waals surface area (Å²) in [5, 5.41) is 3.32. The third kappa shape index (κ3) is 4.21. The summed E-state index contributed by atoms with van der Waals surface area (Å²) in [5.41, 5.74) is 4.92. The van der Waals surface area contributed by atoms with Gasteiger partial charge in [-0.2, -0.15) is 0 Å². The van der Waals surface area contributed by atoms with Crippen LogP contribution in [0.4, 0.5) is 17.1 Å². The third-order valence-corrected chi connectivity index (χ3v) is 6.79. The molecule has 0 saturated carbocycles. The predicted molar refractivity (Wildman–Crippen MR) is 106 cm³/mol. The Balaban J connectivity index is 1.72. The molecule has 0 bridgehead atoms. The fourth-order valence-electron chi connectivity index (χ4n) is 2.37. The number of anilines is 3. The maximum absolute atomic E-state index is 12.3. The highest BCUT2D eigenvalue weighted by Gasteiger charge is 2.16. The largest absolute Gasteiger partial charge is 0.356 e. The van der Waals surface area contributed by atoms with E-state index < -0.39 is 10.0 Å². The summed E-state index contributed by atoms with van der Waals surface area (Å²) in [5.74, 6) is 0. The van der Waals surface area contributed by atoms with Gasteiger partial charge >= 0.3 is 0 Å². The van der Waals surface area contributed by atoms with Gasteiger partial charge in [-0.05, 0) is 80.4 Å². The van der Waals surface area contributed by atoms with Crippen LogP contribution in [0.1, 0.15) is 16.0 Å². The van der Waals surface area contributed by atoms with Gasteiger partial charge in [0.1, 0.15) is 4.21 Å². The molecule has 0 aliphatic carbocycles. The molecule has 0 radical (unpaired) electrons. The van der Waals surface area contributed by atoms with E-state index in [-0.39, 0.29) is 0 Å². The normalized spacial score (nSPS) is 11.3. The van der Waals surface area contributed by atoms with Gasteiger partial charge in [-0.15, -0.1) is 11.3 Å². The van der Waals surface area contributed by atoms with Gasteiger partial charge in [0.2, 0.25) is 0 Å². The second-order valence-electron chi connectivity index (χ2n) is 5.97. The maximum Gasteiger partial charge on any atom is 0.271 e. The van der Waals surface area contributed by atoms with Crippen molar-refractivity contribution in [2.45, 2.75) is 25.0 Å². The topological polar surface area (TPSA) is 58.2 Å². The van der Waals surface area contributed by atoms with Crippen molar-refractivity contribution in [3.05, 3.63) is 70.6 Å². The second-order valence-corrected chi connectivity index (χ2v) is 9.17. The number of aryl methyl sites for hydroxylation is 3. The molecule has 0 aliphatic heterocycles. The lowest BCUT2D eigenvalue weighted by Gasteiger charge is -2.10. The van der Waals surface area contributed by atoms with Crippen LogP contribution in [-0.4, -0.2) is 8.42 Å². The number of thiophene rings is 1. The second kappa shape index (κ2) is 6.90. The van der Waals surface area contributed by atoms with Crippen LogP contribution in [0.2, 0.25) is 0 Å². The van der Waals surface area contributed by atoms with E-state index >= 15 is 0 Å². The molecule has 4 nitrogen and oxygen atoms in total. The number of sulfonamides is 1. The van der Waals surface area contributed by atoms with Gasteiger partial charge in [0.25, 0.3) is 10.0 Å². The summed E-state index contributed by atoms with van der Waals surface area (Å²) >= 11 is 1.26. The molecule has 2 N–H and O–H groups in total. The Hall–Kier alpha value is -2.31. The molecule has 25 heavy (non-hydrogen) atoms. The van der Waals surface area contributed by atoms with Crippen molar-refractivity contribution in [3.63, 3.8) is 0 Å². The molecule has 0 unspecified atom stereocenters. The molecule has 3 rings (SSSR count). The van der Waals surface area contributed by atoms with E-state index in [9.17, 15) is 8.42 Å². The molecule has 0 amide bonds. The first-order chi connectivity index (χ1) is 11.8. The molecule has 0 spiro atoms. The molecule has 0 saturated heterocycles. The molecule has 1 aromatic heterocycles. The zero-order valence-corrected chi connectivity index (χ0v) is 16.0. The van der Waals surface area contributed by atoms with E-state index in [0.717, 1.165) is 16.3 Å². The van der Waals surface area contributed by atoms with Crippen molar-refractivity contribution in [1.29, 1.82) is 0 Å². The Labute approximate surface area is 152 Å². The summed E-state index contributed by atoms with van der Waals surface area (Å²) in [6.07, 6.45) is 0. The molecule has 0 fully saturated rings. The summed E-state index contributed by atoms with van der Waals surface area (Å²) < 4.78 is 27.6. The minimum absolute atomic E-state index is 0.322. The summed E-state index contributed by atoms with van der Waals surface area (Å²) in [7, 11) is -3.53. The van der Waals surface area contributed by atoms with Gasteiger partial charge in [-0.25, -0.2) is 8.42 Å². The van der Waals surface area contributed by atoms with Crippen molar-refractivity contribution in [1.82, 2.24) is 0 Å². The van der Waals surface area contributed by atoms with E-state index in [0.29, 0.717) is 9.90 Å². The Bertz CT molecular complexity index is 991. The van der Waals surface area contributed by atoms with Crippen molar-refractivity contribution >= 4 is 38.4 Å². The molecule has 3 aromatic rings. The minimum Gasteiger partial charge on any atom is -0.356 e.